The molecule has 1 heterocycles. The molecule has 1 saturated heterocycles. The van der Waals surface area contributed by atoms with Gasteiger partial charge in [0.1, 0.15) is 5.75 Å². The molecule has 7 heteroatoms. The number of amides is 3. The van der Waals surface area contributed by atoms with Gasteiger partial charge in [-0.2, -0.15) is 0 Å². The molecule has 0 aliphatic carbocycles. The highest BCUT2D eigenvalue weighted by molar-refractivity contribution is 6.30. The predicted molar refractivity (Wildman–Crippen MR) is 93.4 cm³/mol. The van der Waals surface area contributed by atoms with Gasteiger partial charge in [-0.15, -0.1) is 0 Å². The van der Waals surface area contributed by atoms with E-state index in [-0.39, 0.29) is 18.5 Å². The molecule has 0 radical (unpaired) electrons. The van der Waals surface area contributed by atoms with E-state index in [4.69, 9.17) is 16.3 Å². The summed E-state index contributed by atoms with van der Waals surface area (Å²) in [5, 5.41) is 3.50. The number of nitrogens with zero attached hydrogens (tertiary/aromatic N) is 2. The summed E-state index contributed by atoms with van der Waals surface area (Å²) in [5.74, 6) is 0.545. The molecular formula is C17H24ClN3O3. The average molecular weight is 354 g/mol. The molecule has 6 nitrogen and oxygen atoms in total. The van der Waals surface area contributed by atoms with E-state index in [1.807, 2.05) is 6.92 Å². The van der Waals surface area contributed by atoms with Crippen molar-refractivity contribution in [2.24, 2.45) is 0 Å². The maximum absolute atomic E-state index is 12.3. The second-order valence-corrected chi connectivity index (χ2v) is 6.13. The van der Waals surface area contributed by atoms with Gasteiger partial charge in [0, 0.05) is 37.7 Å². The molecule has 1 aliphatic rings. The summed E-state index contributed by atoms with van der Waals surface area (Å²) in [7, 11) is 0. The molecule has 1 fully saturated rings. The quantitative estimate of drug-likeness (QED) is 0.884. The zero-order valence-corrected chi connectivity index (χ0v) is 14.7. The number of benzene rings is 1. The molecule has 3 amide bonds. The van der Waals surface area contributed by atoms with Gasteiger partial charge in [-0.05, 0) is 37.1 Å². The zero-order chi connectivity index (χ0) is 17.4. The third-order valence-electron chi connectivity index (χ3n) is 3.84. The van der Waals surface area contributed by atoms with Gasteiger partial charge in [-0.1, -0.05) is 18.5 Å². The van der Waals surface area contributed by atoms with Crippen LogP contribution in [0.3, 0.4) is 0 Å². The minimum atomic E-state index is -0.0687. The van der Waals surface area contributed by atoms with Crippen molar-refractivity contribution < 1.29 is 14.3 Å². The first-order chi connectivity index (χ1) is 11.6. The van der Waals surface area contributed by atoms with Crippen molar-refractivity contribution in [1.29, 1.82) is 0 Å². The van der Waals surface area contributed by atoms with Crippen molar-refractivity contribution in [3.63, 3.8) is 0 Å². The standard InChI is InChI=1S/C17H24ClN3O3/c1-2-8-19-17(23)21-10-3-9-20(11-12-21)16(22)13-24-15-6-4-14(18)5-7-15/h4-7H,2-3,8-13H2,1H3,(H,19,23). The summed E-state index contributed by atoms with van der Waals surface area (Å²) < 4.78 is 5.50. The van der Waals surface area contributed by atoms with Crippen LogP contribution < -0.4 is 10.1 Å². The third kappa shape index (κ3) is 5.60. The van der Waals surface area contributed by atoms with Gasteiger partial charge in [0.2, 0.25) is 0 Å². The number of halogens is 1. The van der Waals surface area contributed by atoms with Gasteiger partial charge in [-0.25, -0.2) is 4.79 Å². The van der Waals surface area contributed by atoms with E-state index >= 15 is 0 Å². The van der Waals surface area contributed by atoms with Gasteiger partial charge < -0.3 is 19.9 Å². The lowest BCUT2D eigenvalue weighted by Crippen LogP contribution is -2.43. The Kier molecular flexibility index (Phi) is 7.18. The fourth-order valence-corrected chi connectivity index (χ4v) is 2.61. The van der Waals surface area contributed by atoms with Crippen LogP contribution in [0.1, 0.15) is 19.8 Å². The monoisotopic (exact) mass is 353 g/mol. The molecule has 1 N–H and O–H groups in total. The average Bonchev–Trinajstić information content (AvgIpc) is 2.85. The Morgan fingerprint density at radius 1 is 1.12 bits per heavy atom. The highest BCUT2D eigenvalue weighted by Gasteiger charge is 2.21. The molecule has 132 valence electrons. The molecule has 1 aromatic carbocycles. The molecule has 1 aliphatic heterocycles. The lowest BCUT2D eigenvalue weighted by molar-refractivity contribution is -0.133. The minimum Gasteiger partial charge on any atom is -0.484 e. The van der Waals surface area contributed by atoms with E-state index < -0.39 is 0 Å². The molecule has 0 saturated carbocycles. The highest BCUT2D eigenvalue weighted by Crippen LogP contribution is 2.15. The topological polar surface area (TPSA) is 61.9 Å². The van der Waals surface area contributed by atoms with Crippen LogP contribution in [0.15, 0.2) is 24.3 Å². The first-order valence-electron chi connectivity index (χ1n) is 8.29. The number of urea groups is 1. The van der Waals surface area contributed by atoms with Crippen molar-refractivity contribution in [3.05, 3.63) is 29.3 Å². The molecule has 0 atom stereocenters. The second-order valence-electron chi connectivity index (χ2n) is 5.70. The number of rotatable bonds is 5. The van der Waals surface area contributed by atoms with Crippen molar-refractivity contribution in [1.82, 2.24) is 15.1 Å². The summed E-state index contributed by atoms with van der Waals surface area (Å²) in [6, 6.07) is 6.86. The van der Waals surface area contributed by atoms with Gasteiger partial charge in [-0.3, -0.25) is 4.79 Å². The van der Waals surface area contributed by atoms with E-state index in [0.29, 0.717) is 43.5 Å². The third-order valence-corrected chi connectivity index (χ3v) is 4.09. The Morgan fingerprint density at radius 2 is 1.79 bits per heavy atom. The van der Waals surface area contributed by atoms with E-state index in [2.05, 4.69) is 5.32 Å². The van der Waals surface area contributed by atoms with Crippen LogP contribution in [0, 0.1) is 0 Å². The first-order valence-corrected chi connectivity index (χ1v) is 8.67. The Labute approximate surface area is 147 Å². The molecule has 0 bridgehead atoms. The number of carbonyl (C=O) groups is 2. The number of nitrogens with one attached hydrogen (secondary N) is 1. The Balaban J connectivity index is 1.78. The Bertz CT molecular complexity index is 551. The van der Waals surface area contributed by atoms with Crippen LogP contribution in [0.25, 0.3) is 0 Å². The summed E-state index contributed by atoms with van der Waals surface area (Å²) in [6.45, 7) is 5.06. The SMILES string of the molecule is CCCNC(=O)N1CCCN(C(=O)COc2ccc(Cl)cc2)CC1. The lowest BCUT2D eigenvalue weighted by Gasteiger charge is -2.22. The molecule has 2 rings (SSSR count). The van der Waals surface area contributed by atoms with Crippen molar-refractivity contribution in [2.75, 3.05) is 39.3 Å². The highest BCUT2D eigenvalue weighted by atomic mass is 35.5. The normalized spacial score (nSPS) is 14.9. The summed E-state index contributed by atoms with van der Waals surface area (Å²) in [6.07, 6.45) is 1.68. The van der Waals surface area contributed by atoms with Crippen molar-refractivity contribution in [2.45, 2.75) is 19.8 Å². The first kappa shape index (κ1) is 18.4. The smallest absolute Gasteiger partial charge is 0.317 e. The minimum absolute atomic E-state index is 0.0103. The Morgan fingerprint density at radius 3 is 2.50 bits per heavy atom. The number of hydrogen-bond donors (Lipinski definition) is 1. The number of hydrogen-bond acceptors (Lipinski definition) is 3. The summed E-state index contributed by atoms with van der Waals surface area (Å²) in [4.78, 5) is 27.8. The summed E-state index contributed by atoms with van der Waals surface area (Å²) >= 11 is 5.82. The number of ether oxygens (including phenoxy) is 1. The van der Waals surface area contributed by atoms with Crippen LogP contribution in [0.4, 0.5) is 4.79 Å². The largest absolute Gasteiger partial charge is 0.484 e. The maximum atomic E-state index is 12.3. The maximum Gasteiger partial charge on any atom is 0.317 e. The van der Waals surface area contributed by atoms with E-state index in [9.17, 15) is 9.59 Å². The van der Waals surface area contributed by atoms with Crippen LogP contribution in [0.5, 0.6) is 5.75 Å². The fourth-order valence-electron chi connectivity index (χ4n) is 2.48. The van der Waals surface area contributed by atoms with Crippen LogP contribution >= 0.6 is 11.6 Å². The van der Waals surface area contributed by atoms with Crippen LogP contribution in [-0.4, -0.2) is 61.1 Å². The van der Waals surface area contributed by atoms with Crippen LogP contribution in [0.2, 0.25) is 5.02 Å². The fraction of sp³-hybridized carbons (Fsp3) is 0.529. The molecular weight excluding hydrogens is 330 g/mol. The van der Waals surface area contributed by atoms with Crippen molar-refractivity contribution in [3.8, 4) is 5.75 Å². The second kappa shape index (κ2) is 9.37. The van der Waals surface area contributed by atoms with E-state index in [1.165, 1.54) is 0 Å². The lowest BCUT2D eigenvalue weighted by atomic mass is 10.3. The summed E-state index contributed by atoms with van der Waals surface area (Å²) in [5.41, 5.74) is 0. The van der Waals surface area contributed by atoms with Gasteiger partial charge in [0.15, 0.2) is 6.61 Å². The van der Waals surface area contributed by atoms with Crippen molar-refractivity contribution >= 4 is 23.5 Å². The molecule has 1 aromatic rings. The zero-order valence-electron chi connectivity index (χ0n) is 14.0. The van der Waals surface area contributed by atoms with Gasteiger partial charge in [0.25, 0.3) is 5.91 Å². The van der Waals surface area contributed by atoms with E-state index in [1.54, 1.807) is 34.1 Å². The predicted octanol–water partition coefficient (Wildman–Crippen LogP) is 2.37. The van der Waals surface area contributed by atoms with Gasteiger partial charge >= 0.3 is 6.03 Å². The molecule has 0 unspecified atom stereocenters. The van der Waals surface area contributed by atoms with E-state index in [0.717, 1.165) is 12.8 Å². The molecule has 0 aromatic heterocycles. The number of carbonyl (C=O) groups excluding carboxylic acids is 2. The molecule has 24 heavy (non-hydrogen) atoms. The van der Waals surface area contributed by atoms with Crippen LogP contribution in [-0.2, 0) is 4.79 Å². The molecule has 0 spiro atoms. The van der Waals surface area contributed by atoms with Gasteiger partial charge in [0.05, 0.1) is 0 Å². The Hall–Kier alpha value is -1.95.